The Labute approximate surface area is 221 Å². The number of halogens is 1. The van der Waals surface area contributed by atoms with Gasteiger partial charge in [0.1, 0.15) is 5.65 Å². The Morgan fingerprint density at radius 1 is 1.13 bits per heavy atom. The van der Waals surface area contributed by atoms with Crippen molar-refractivity contribution in [3.63, 3.8) is 0 Å². The van der Waals surface area contributed by atoms with Crippen LogP contribution in [0.25, 0.3) is 16.6 Å². The molecule has 5 heterocycles. The van der Waals surface area contributed by atoms with Crippen LogP contribution in [0.4, 0.5) is 4.39 Å². The average molecular weight is 514 g/mol. The minimum absolute atomic E-state index is 0.303. The van der Waals surface area contributed by atoms with Crippen molar-refractivity contribution in [2.45, 2.75) is 38.1 Å². The molecule has 0 atom stereocenters. The molecule has 0 bridgehead atoms. The second kappa shape index (κ2) is 12.0. The second-order valence-corrected chi connectivity index (χ2v) is 9.45. The highest BCUT2D eigenvalue weighted by Crippen LogP contribution is 2.24. The Kier molecular flexibility index (Phi) is 8.04. The standard InChI is InChI=1S/C29H32FN7O/c1-38-27-7-3-19(15-34-27)2-5-25-6-4-20(28(30)37-25)12-22-17-36-29-26(22)13-21(16-35-29)23(14-31)18-33-24-8-10-32-11-9-24/h3-4,6-7,13-18,24,32H,2,5,8-12,31H2,1H3,(H,35,36)/b23-14+,33-18?. The number of nitrogens with two attached hydrogens (primary N) is 1. The maximum Gasteiger partial charge on any atom is 0.216 e. The van der Waals surface area contributed by atoms with Crippen LogP contribution in [0.15, 0.2) is 60.1 Å². The highest BCUT2D eigenvalue weighted by molar-refractivity contribution is 6.10. The topological polar surface area (TPSA) is 114 Å². The highest BCUT2D eigenvalue weighted by atomic mass is 19.1. The van der Waals surface area contributed by atoms with Crippen molar-refractivity contribution in [3.05, 3.63) is 89.0 Å². The van der Waals surface area contributed by atoms with E-state index >= 15 is 0 Å². The molecule has 0 saturated carbocycles. The van der Waals surface area contributed by atoms with Gasteiger partial charge in [0.15, 0.2) is 0 Å². The lowest BCUT2D eigenvalue weighted by Gasteiger charge is -2.18. The molecule has 196 valence electrons. The molecule has 9 heteroatoms. The third-order valence-electron chi connectivity index (χ3n) is 6.90. The molecule has 1 aliphatic heterocycles. The van der Waals surface area contributed by atoms with E-state index in [-0.39, 0.29) is 0 Å². The van der Waals surface area contributed by atoms with E-state index in [1.165, 1.54) is 0 Å². The summed E-state index contributed by atoms with van der Waals surface area (Å²) in [6.45, 7) is 1.97. The lowest BCUT2D eigenvalue weighted by molar-refractivity contribution is 0.397. The Bertz CT molecular complexity index is 1440. The van der Waals surface area contributed by atoms with Gasteiger partial charge in [-0.2, -0.15) is 4.39 Å². The Balaban J connectivity index is 1.29. The molecule has 8 nitrogen and oxygen atoms in total. The van der Waals surface area contributed by atoms with Crippen molar-refractivity contribution in [2.24, 2.45) is 10.7 Å². The Morgan fingerprint density at radius 3 is 2.74 bits per heavy atom. The molecule has 0 aromatic carbocycles. The number of pyridine rings is 3. The molecule has 0 unspecified atom stereocenters. The lowest BCUT2D eigenvalue weighted by Crippen LogP contribution is -2.29. The van der Waals surface area contributed by atoms with E-state index in [2.05, 4.69) is 25.3 Å². The summed E-state index contributed by atoms with van der Waals surface area (Å²) < 4.78 is 20.1. The fraction of sp³-hybridized carbons (Fsp3) is 0.310. The molecule has 0 radical (unpaired) electrons. The maximum atomic E-state index is 15.0. The van der Waals surface area contributed by atoms with Gasteiger partial charge in [-0.25, -0.2) is 15.0 Å². The number of nitrogens with zero attached hydrogens (tertiary/aromatic N) is 4. The number of ether oxygens (including phenoxy) is 1. The fourth-order valence-electron chi connectivity index (χ4n) is 4.65. The van der Waals surface area contributed by atoms with Crippen LogP contribution >= 0.6 is 0 Å². The molecule has 0 spiro atoms. The molecular formula is C29H32FN7O. The first kappa shape index (κ1) is 25.5. The number of aromatic amines is 1. The third-order valence-corrected chi connectivity index (χ3v) is 6.90. The van der Waals surface area contributed by atoms with Gasteiger partial charge < -0.3 is 20.8 Å². The molecule has 0 aliphatic carbocycles. The zero-order chi connectivity index (χ0) is 26.3. The number of hydrogen-bond donors (Lipinski definition) is 3. The van der Waals surface area contributed by atoms with Crippen molar-refractivity contribution >= 4 is 22.8 Å². The quantitative estimate of drug-likeness (QED) is 0.230. The summed E-state index contributed by atoms with van der Waals surface area (Å²) in [6, 6.07) is 9.82. The number of aryl methyl sites for hydroxylation is 2. The number of piperidine rings is 1. The fourth-order valence-corrected chi connectivity index (χ4v) is 4.65. The van der Waals surface area contributed by atoms with Crippen molar-refractivity contribution in [2.75, 3.05) is 20.2 Å². The van der Waals surface area contributed by atoms with Gasteiger partial charge in [0.05, 0.1) is 13.2 Å². The number of rotatable bonds is 9. The molecule has 1 saturated heterocycles. The molecule has 5 rings (SSSR count). The Morgan fingerprint density at radius 2 is 2.00 bits per heavy atom. The van der Waals surface area contributed by atoms with Crippen LogP contribution in [0.3, 0.4) is 0 Å². The van der Waals surface area contributed by atoms with Gasteiger partial charge in [-0.3, -0.25) is 4.99 Å². The number of nitrogens with one attached hydrogen (secondary N) is 2. The minimum atomic E-state index is -0.453. The van der Waals surface area contributed by atoms with E-state index in [4.69, 9.17) is 15.5 Å². The van der Waals surface area contributed by atoms with Crippen LogP contribution in [0.5, 0.6) is 5.88 Å². The summed E-state index contributed by atoms with van der Waals surface area (Å²) in [5, 5.41) is 4.27. The largest absolute Gasteiger partial charge is 0.481 e. The third kappa shape index (κ3) is 6.06. The number of aromatic nitrogens is 4. The first-order valence-corrected chi connectivity index (χ1v) is 12.9. The first-order valence-electron chi connectivity index (χ1n) is 12.9. The van der Waals surface area contributed by atoms with Gasteiger partial charge in [-0.05, 0) is 62.0 Å². The summed E-state index contributed by atoms with van der Waals surface area (Å²) in [7, 11) is 1.59. The van der Waals surface area contributed by atoms with Crippen LogP contribution in [-0.2, 0) is 19.3 Å². The summed E-state index contributed by atoms with van der Waals surface area (Å²) in [5.41, 5.74) is 11.6. The molecular weight excluding hydrogens is 481 g/mol. The van der Waals surface area contributed by atoms with Crippen LogP contribution in [-0.4, -0.2) is 52.4 Å². The Hall–Kier alpha value is -4.11. The van der Waals surface area contributed by atoms with Gasteiger partial charge in [0, 0.05) is 71.3 Å². The van der Waals surface area contributed by atoms with E-state index in [1.807, 2.05) is 42.7 Å². The normalized spacial score (nSPS) is 14.9. The predicted molar refractivity (Wildman–Crippen MR) is 148 cm³/mol. The van der Waals surface area contributed by atoms with E-state index in [0.29, 0.717) is 36.0 Å². The van der Waals surface area contributed by atoms with Crippen molar-refractivity contribution < 1.29 is 9.13 Å². The summed E-state index contributed by atoms with van der Waals surface area (Å²) in [4.78, 5) is 20.9. The lowest BCUT2D eigenvalue weighted by atomic mass is 10.0. The number of H-pyrrole nitrogens is 1. The predicted octanol–water partition coefficient (Wildman–Crippen LogP) is 4.00. The molecule has 0 amide bonds. The number of hydrogen-bond acceptors (Lipinski definition) is 7. The molecule has 4 aromatic rings. The summed E-state index contributed by atoms with van der Waals surface area (Å²) in [6.07, 6.45) is 12.6. The average Bonchev–Trinajstić information content (AvgIpc) is 3.36. The maximum absolute atomic E-state index is 15.0. The van der Waals surface area contributed by atoms with Crippen molar-refractivity contribution in [3.8, 4) is 5.88 Å². The molecule has 4 aromatic heterocycles. The molecule has 1 fully saturated rings. The first-order chi connectivity index (χ1) is 18.6. The molecule has 1 aliphatic rings. The van der Waals surface area contributed by atoms with Crippen LogP contribution in [0.1, 0.15) is 40.8 Å². The summed E-state index contributed by atoms with van der Waals surface area (Å²) >= 11 is 0. The number of allylic oxidation sites excluding steroid dienone is 1. The van der Waals surface area contributed by atoms with Crippen molar-refractivity contribution in [1.29, 1.82) is 0 Å². The van der Waals surface area contributed by atoms with Crippen LogP contribution < -0.4 is 15.8 Å². The SMILES string of the molecule is COc1ccc(CCc2ccc(Cc3c[nH]c4ncc(/C(C=NC5CCNCC5)=C/N)cc34)c(F)n2)cn1. The highest BCUT2D eigenvalue weighted by Gasteiger charge is 2.14. The van der Waals surface area contributed by atoms with Gasteiger partial charge in [0.2, 0.25) is 11.8 Å². The van der Waals surface area contributed by atoms with Crippen LogP contribution in [0.2, 0.25) is 0 Å². The number of methoxy groups -OCH3 is 1. The van der Waals surface area contributed by atoms with Crippen LogP contribution in [0, 0.1) is 5.95 Å². The zero-order valence-electron chi connectivity index (χ0n) is 21.5. The van der Waals surface area contributed by atoms with Gasteiger partial charge >= 0.3 is 0 Å². The van der Waals surface area contributed by atoms with E-state index in [9.17, 15) is 4.39 Å². The van der Waals surface area contributed by atoms with Gasteiger partial charge in [0.25, 0.3) is 0 Å². The van der Waals surface area contributed by atoms with Gasteiger partial charge in [-0.1, -0.05) is 12.1 Å². The molecule has 4 N–H and O–H groups in total. The van der Waals surface area contributed by atoms with Crippen molar-refractivity contribution in [1.82, 2.24) is 25.3 Å². The van der Waals surface area contributed by atoms with Gasteiger partial charge in [-0.15, -0.1) is 0 Å². The smallest absolute Gasteiger partial charge is 0.216 e. The van der Waals surface area contributed by atoms with E-state index in [0.717, 1.165) is 65.6 Å². The molecule has 38 heavy (non-hydrogen) atoms. The number of aliphatic imine (C=N–C) groups is 1. The monoisotopic (exact) mass is 513 g/mol. The van der Waals surface area contributed by atoms with E-state index in [1.54, 1.807) is 25.7 Å². The summed E-state index contributed by atoms with van der Waals surface area (Å²) in [5.74, 6) is 0.118. The zero-order valence-corrected chi connectivity index (χ0v) is 21.5. The van der Waals surface area contributed by atoms with E-state index < -0.39 is 5.95 Å². The minimum Gasteiger partial charge on any atom is -0.481 e. The number of fused-ring (bicyclic) bond motifs is 1. The second-order valence-electron chi connectivity index (χ2n) is 9.45.